The Morgan fingerprint density at radius 2 is 0.786 bits per heavy atom. The lowest BCUT2D eigenvalue weighted by Gasteiger charge is -2.18. The summed E-state index contributed by atoms with van der Waals surface area (Å²) in [7, 11) is 4.00. The van der Waals surface area contributed by atoms with Gasteiger partial charge in [-0.1, -0.05) is 173 Å². The van der Waals surface area contributed by atoms with E-state index in [0.29, 0.717) is 82.8 Å². The van der Waals surface area contributed by atoms with E-state index >= 15 is 0 Å². The monoisotopic (exact) mass is 1670 g/mol. The number of carboxylic acids is 1. The molecule has 6 aromatic carbocycles. The van der Waals surface area contributed by atoms with E-state index in [9.17, 15) is 53.1 Å². The van der Waals surface area contributed by atoms with Crippen LogP contribution in [0.15, 0.2) is 146 Å². The second-order valence-corrected chi connectivity index (χ2v) is 24.3. The average molecular weight is 1680 g/mol. The fraction of sp³-hybridized carbons (Fsp3) is 0.361. The highest BCUT2D eigenvalue weighted by Gasteiger charge is 2.25. The Bertz CT molecular complexity index is 3490. The largest absolute Gasteiger partial charge is 0.508 e. The van der Waals surface area contributed by atoms with Crippen molar-refractivity contribution in [1.82, 2.24) is 26.6 Å². The van der Waals surface area contributed by atoms with Crippen LogP contribution >= 0.6 is 79.6 Å². The van der Waals surface area contributed by atoms with Gasteiger partial charge < -0.3 is 55.7 Å². The van der Waals surface area contributed by atoms with Crippen molar-refractivity contribution in [2.75, 3.05) is 47.6 Å². The van der Waals surface area contributed by atoms with Crippen LogP contribution in [0.5, 0.6) is 5.75 Å². The molecule has 0 radical (unpaired) electrons. The van der Waals surface area contributed by atoms with Gasteiger partial charge in [0.2, 0.25) is 0 Å². The molecule has 6 aromatic rings. The van der Waals surface area contributed by atoms with Crippen LogP contribution in [0.4, 0.5) is 0 Å². The Kier molecular flexibility index (Phi) is 44.5. The Morgan fingerprint density at radius 3 is 1.15 bits per heavy atom. The van der Waals surface area contributed by atoms with E-state index in [-0.39, 0.29) is 78.5 Å². The number of rotatable bonds is 31. The number of nitrogens with one attached hydrogen (secondary N) is 5. The van der Waals surface area contributed by atoms with Crippen LogP contribution in [0.25, 0.3) is 0 Å². The number of unbranched alkanes of at least 4 members (excludes halogenated alkanes) is 2. The summed E-state index contributed by atoms with van der Waals surface area (Å²) in [6.07, 6.45) is 4.37. The van der Waals surface area contributed by atoms with Crippen molar-refractivity contribution >= 4 is 139 Å². The van der Waals surface area contributed by atoms with E-state index in [1.165, 1.54) is 33.5 Å². The van der Waals surface area contributed by atoms with Crippen LogP contribution in [-0.2, 0) is 76.0 Å². The van der Waals surface area contributed by atoms with Crippen LogP contribution in [0.2, 0.25) is 0 Å². The standard InChI is InChI=1S/C18H18BrNO4.C15H20BrNO3.C14H18BrNO3.C13H16BrNO3.C12H14BrNO3/c1-24-18(23)16(10-12-5-7-15(21)8-6-12)20-17(22)14-4-2-3-13(9-14)11-19;1-20-14(18)8-3-2-4-9-17-15(19)13-7-5-6-12(10-13)11-16;1-2-19-13(17)7-4-8-16-14(18)12-6-3-5-11(9-12)10-15;1-8(2)11(13(17)18)15-12(16)10-5-3-4-9(6-10)7-14;1-17-11(15)5-6-14-12(16)10-4-2-3-9(7-10)8-13/h2-9,16,21H,10-11H2,1H3,(H,20,22);5-7,10H,2-4,8-9,11H2,1H3,(H,17,19);3,5-6,9H,2,4,7-8,10H2,1H3,(H,16,18);3-6,8,11H,7H2,1-2H3,(H,15,16)(H,17,18);2-4,7H,5-6,8H2,1H3,(H,14,16)/t16-;;;11-;/m0..0./s1. The lowest BCUT2D eigenvalue weighted by atomic mass is 10.0. The molecule has 0 saturated carbocycles. The summed E-state index contributed by atoms with van der Waals surface area (Å²) in [4.78, 5) is 116. The van der Waals surface area contributed by atoms with Gasteiger partial charge in [0.15, 0.2) is 0 Å². The number of ether oxygens (including phenoxy) is 4. The molecule has 21 nitrogen and oxygen atoms in total. The highest BCUT2D eigenvalue weighted by molar-refractivity contribution is 9.09. The Labute approximate surface area is 615 Å². The summed E-state index contributed by atoms with van der Waals surface area (Å²) in [5.41, 5.74) is 8.76. The number of alkyl halides is 5. The minimum absolute atomic E-state index is 0.0548. The predicted octanol–water partition coefficient (Wildman–Crippen LogP) is 12.8. The molecular formula is C72H86Br5N5O16. The second-order valence-electron chi connectivity index (χ2n) is 21.5. The zero-order chi connectivity index (χ0) is 72.8. The van der Waals surface area contributed by atoms with Gasteiger partial charge >= 0.3 is 29.8 Å². The van der Waals surface area contributed by atoms with Gasteiger partial charge in [0.1, 0.15) is 17.8 Å². The normalized spacial score (nSPS) is 10.8. The fourth-order valence-corrected chi connectivity index (χ4v) is 10.1. The molecule has 7 N–H and O–H groups in total. The molecule has 0 saturated heterocycles. The number of benzene rings is 6. The number of carbonyl (C=O) groups is 10. The number of carboxylic acid groups (broad SMARTS) is 1. The highest BCUT2D eigenvalue weighted by atomic mass is 79.9. The van der Waals surface area contributed by atoms with Crippen LogP contribution in [-0.4, -0.2) is 129 Å². The number of halogens is 5. The van der Waals surface area contributed by atoms with Crippen LogP contribution in [0, 0.1) is 5.92 Å². The van der Waals surface area contributed by atoms with E-state index in [2.05, 4.69) is 116 Å². The van der Waals surface area contributed by atoms with Crippen molar-refractivity contribution in [2.45, 2.75) is 111 Å². The molecular weight excluding hydrogens is 1590 g/mol. The second kappa shape index (κ2) is 50.5. The Hall–Kier alpha value is -7.78. The lowest BCUT2D eigenvalue weighted by Crippen LogP contribution is -2.44. The average Bonchev–Trinajstić information content (AvgIpc) is 0.919. The smallest absolute Gasteiger partial charge is 0.328 e. The summed E-state index contributed by atoms with van der Waals surface area (Å²) in [5.74, 6) is -3.36. The van der Waals surface area contributed by atoms with Crippen LogP contribution in [0.1, 0.15) is 151 Å². The number of methoxy groups -OCH3 is 3. The molecule has 2 atom stereocenters. The quantitative estimate of drug-likeness (QED) is 0.00921. The molecule has 6 rings (SSSR count). The van der Waals surface area contributed by atoms with Crippen molar-refractivity contribution in [1.29, 1.82) is 0 Å². The maximum atomic E-state index is 12.4. The predicted molar refractivity (Wildman–Crippen MR) is 394 cm³/mol. The first kappa shape index (κ1) is 86.3. The van der Waals surface area contributed by atoms with Crippen LogP contribution in [0.3, 0.4) is 0 Å². The van der Waals surface area contributed by atoms with Gasteiger partial charge in [0.05, 0.1) is 34.4 Å². The summed E-state index contributed by atoms with van der Waals surface area (Å²) in [6.45, 7) is 7.06. The molecule has 0 bridgehead atoms. The number of phenols is 1. The summed E-state index contributed by atoms with van der Waals surface area (Å²) in [6, 6.07) is 41.2. The first-order valence-corrected chi connectivity index (χ1v) is 36.7. The third kappa shape index (κ3) is 35.6. The van der Waals surface area contributed by atoms with E-state index < -0.39 is 24.0 Å². The number of carbonyl (C=O) groups excluding carboxylic acids is 9. The number of aliphatic carboxylic acids is 1. The van der Waals surface area contributed by atoms with Crippen molar-refractivity contribution in [3.8, 4) is 5.75 Å². The molecule has 26 heteroatoms. The molecule has 0 aliphatic carbocycles. The third-order valence-electron chi connectivity index (χ3n) is 13.7. The van der Waals surface area contributed by atoms with Gasteiger partial charge in [-0.3, -0.25) is 38.4 Å². The number of hydrogen-bond donors (Lipinski definition) is 7. The number of esters is 4. The SMILES string of the molecule is CC(C)[C@H](NC(=O)c1cccc(CBr)c1)C(=O)O.CCOC(=O)CCCNC(=O)c1cccc(CBr)c1.COC(=O)CCCCCNC(=O)c1cccc(CBr)c1.COC(=O)CCNC(=O)c1cccc(CBr)c1.COC(=O)[C@H](Cc1ccc(O)cc1)NC(=O)c1cccc(CBr)c1. The molecule has 530 valence electrons. The first-order chi connectivity index (χ1) is 47.0. The molecule has 0 spiro atoms. The van der Waals surface area contributed by atoms with Gasteiger partial charge in [0.25, 0.3) is 29.5 Å². The Morgan fingerprint density at radius 1 is 0.418 bits per heavy atom. The zero-order valence-corrected chi connectivity index (χ0v) is 63.5. The van der Waals surface area contributed by atoms with E-state index in [0.717, 1.165) is 63.3 Å². The molecule has 0 fully saturated rings. The molecule has 0 unspecified atom stereocenters. The van der Waals surface area contributed by atoms with Gasteiger partial charge in [-0.25, -0.2) is 9.59 Å². The number of phenolic OH excluding ortho intramolecular Hbond substituents is 1. The van der Waals surface area contributed by atoms with E-state index in [1.54, 1.807) is 87.5 Å². The van der Waals surface area contributed by atoms with Crippen molar-refractivity contribution in [3.05, 3.63) is 207 Å². The molecule has 0 heterocycles. The topological polar surface area (TPSA) is 308 Å². The zero-order valence-electron chi connectivity index (χ0n) is 55.6. The van der Waals surface area contributed by atoms with E-state index in [4.69, 9.17) is 14.6 Å². The summed E-state index contributed by atoms with van der Waals surface area (Å²) >= 11 is 16.7. The molecule has 0 aromatic heterocycles. The summed E-state index contributed by atoms with van der Waals surface area (Å²) < 4.78 is 18.6. The van der Waals surface area contributed by atoms with Gasteiger partial charge in [-0.05, 0) is 138 Å². The maximum Gasteiger partial charge on any atom is 0.328 e. The van der Waals surface area contributed by atoms with E-state index in [1.807, 2.05) is 66.7 Å². The van der Waals surface area contributed by atoms with Gasteiger partial charge in [0, 0.05) is 93.4 Å². The molecule has 0 aliphatic rings. The van der Waals surface area contributed by atoms with Crippen molar-refractivity contribution < 1.29 is 77.1 Å². The molecule has 0 aliphatic heterocycles. The number of aromatic hydroxyl groups is 1. The lowest BCUT2D eigenvalue weighted by molar-refractivity contribution is -0.143. The van der Waals surface area contributed by atoms with Gasteiger partial charge in [-0.2, -0.15) is 0 Å². The maximum absolute atomic E-state index is 12.4. The Balaban J connectivity index is 0.000000419. The van der Waals surface area contributed by atoms with Crippen molar-refractivity contribution in [3.63, 3.8) is 0 Å². The minimum Gasteiger partial charge on any atom is -0.508 e. The number of amides is 5. The molecule has 5 amide bonds. The third-order valence-corrected chi connectivity index (χ3v) is 16.9. The van der Waals surface area contributed by atoms with Gasteiger partial charge in [-0.15, -0.1) is 0 Å². The summed E-state index contributed by atoms with van der Waals surface area (Å²) in [5, 5.41) is 35.4. The van der Waals surface area contributed by atoms with Crippen molar-refractivity contribution in [2.24, 2.45) is 5.92 Å². The minimum atomic E-state index is -1.02. The highest BCUT2D eigenvalue weighted by Crippen LogP contribution is 2.16. The number of hydrogen-bond acceptors (Lipinski definition) is 15. The first-order valence-electron chi connectivity index (χ1n) is 31.1. The fourth-order valence-electron chi connectivity index (χ4n) is 8.39. The molecule has 98 heavy (non-hydrogen) atoms. The van der Waals surface area contributed by atoms with Crippen LogP contribution < -0.4 is 26.6 Å².